The van der Waals surface area contributed by atoms with Crippen molar-refractivity contribution in [3.63, 3.8) is 0 Å². The second-order valence-corrected chi connectivity index (χ2v) is 4.92. The van der Waals surface area contributed by atoms with Crippen molar-refractivity contribution in [2.45, 2.75) is 6.92 Å². The van der Waals surface area contributed by atoms with E-state index in [0.29, 0.717) is 18.7 Å². The van der Waals surface area contributed by atoms with Gasteiger partial charge in [0, 0.05) is 18.7 Å². The van der Waals surface area contributed by atoms with E-state index in [2.05, 4.69) is 25.6 Å². The Morgan fingerprint density at radius 1 is 1.05 bits per heavy atom. The molecule has 2 aromatic rings. The van der Waals surface area contributed by atoms with Crippen LogP contribution in [0.2, 0.25) is 10.6 Å². The van der Waals surface area contributed by atoms with Crippen molar-refractivity contribution >= 4 is 35.1 Å². The lowest BCUT2D eigenvalue weighted by Gasteiger charge is -2.07. The summed E-state index contributed by atoms with van der Waals surface area (Å²) in [5, 5.41) is 5.71. The molecule has 0 saturated carbocycles. The third-order valence-electron chi connectivity index (χ3n) is 2.59. The topological polar surface area (TPSA) is 79.8 Å². The fourth-order valence-electron chi connectivity index (χ4n) is 1.56. The van der Waals surface area contributed by atoms with Crippen LogP contribution in [-0.2, 0) is 0 Å². The maximum Gasteiger partial charge on any atom is 0.251 e. The highest BCUT2D eigenvalue weighted by atomic mass is 35.5. The molecule has 0 aliphatic rings. The molecule has 0 unspecified atom stereocenters. The average molecular weight is 326 g/mol. The predicted octanol–water partition coefficient (Wildman–Crippen LogP) is 2.33. The molecule has 1 heterocycles. The van der Waals surface area contributed by atoms with E-state index in [4.69, 9.17) is 23.2 Å². The van der Waals surface area contributed by atoms with Gasteiger partial charge in [0.05, 0.1) is 0 Å². The van der Waals surface area contributed by atoms with Gasteiger partial charge in [-0.2, -0.15) is 15.0 Å². The molecular weight excluding hydrogens is 313 g/mol. The van der Waals surface area contributed by atoms with Crippen LogP contribution in [0.15, 0.2) is 24.3 Å². The normalized spacial score (nSPS) is 10.2. The molecule has 2 rings (SSSR count). The number of benzene rings is 1. The van der Waals surface area contributed by atoms with E-state index < -0.39 is 0 Å². The number of halogens is 2. The minimum Gasteiger partial charge on any atom is -0.352 e. The number of nitrogens with zero attached hydrogens (tertiary/aromatic N) is 3. The highest BCUT2D eigenvalue weighted by Gasteiger charge is 2.05. The van der Waals surface area contributed by atoms with Crippen LogP contribution in [0.3, 0.4) is 0 Å². The van der Waals surface area contributed by atoms with Gasteiger partial charge in [-0.3, -0.25) is 4.79 Å². The van der Waals surface area contributed by atoms with Crippen LogP contribution in [-0.4, -0.2) is 33.9 Å². The Morgan fingerprint density at radius 2 is 1.67 bits per heavy atom. The van der Waals surface area contributed by atoms with Gasteiger partial charge in [0.2, 0.25) is 16.5 Å². The van der Waals surface area contributed by atoms with Crippen molar-refractivity contribution in [2.75, 3.05) is 18.4 Å². The lowest BCUT2D eigenvalue weighted by atomic mass is 10.1. The van der Waals surface area contributed by atoms with Gasteiger partial charge >= 0.3 is 0 Å². The maximum atomic E-state index is 11.9. The first-order valence-electron chi connectivity index (χ1n) is 6.20. The average Bonchev–Trinajstić information content (AvgIpc) is 2.43. The fraction of sp³-hybridized carbons (Fsp3) is 0.231. The molecule has 0 aliphatic carbocycles. The van der Waals surface area contributed by atoms with E-state index in [0.717, 1.165) is 5.56 Å². The van der Waals surface area contributed by atoms with Gasteiger partial charge in [-0.15, -0.1) is 0 Å². The van der Waals surface area contributed by atoms with Crippen LogP contribution < -0.4 is 10.6 Å². The van der Waals surface area contributed by atoms with Crippen molar-refractivity contribution in [1.82, 2.24) is 20.3 Å². The quantitative estimate of drug-likeness (QED) is 0.825. The molecule has 8 heteroatoms. The lowest BCUT2D eigenvalue weighted by Crippen LogP contribution is -2.29. The monoisotopic (exact) mass is 325 g/mol. The van der Waals surface area contributed by atoms with E-state index in [-0.39, 0.29) is 22.4 Å². The molecule has 0 atom stereocenters. The number of carbonyl (C=O) groups is 1. The highest BCUT2D eigenvalue weighted by Crippen LogP contribution is 2.09. The summed E-state index contributed by atoms with van der Waals surface area (Å²) in [4.78, 5) is 23.2. The minimum absolute atomic E-state index is 0.0150. The van der Waals surface area contributed by atoms with Gasteiger partial charge in [0.1, 0.15) is 0 Å². The Morgan fingerprint density at radius 3 is 2.29 bits per heavy atom. The Hall–Kier alpha value is -1.92. The van der Waals surface area contributed by atoms with E-state index >= 15 is 0 Å². The zero-order valence-corrected chi connectivity index (χ0v) is 12.7. The molecular formula is C13H13Cl2N5O. The molecule has 0 fully saturated rings. The molecule has 1 amide bonds. The zero-order chi connectivity index (χ0) is 15.2. The van der Waals surface area contributed by atoms with E-state index in [1.807, 2.05) is 19.1 Å². The second-order valence-electron chi connectivity index (χ2n) is 4.25. The van der Waals surface area contributed by atoms with Crippen molar-refractivity contribution in [3.8, 4) is 0 Å². The summed E-state index contributed by atoms with van der Waals surface area (Å²) in [5.74, 6) is 0.132. The Labute approximate surface area is 131 Å². The third kappa shape index (κ3) is 4.84. The Bertz CT molecular complexity index is 613. The zero-order valence-electron chi connectivity index (χ0n) is 11.2. The fourth-order valence-corrected chi connectivity index (χ4v) is 1.93. The summed E-state index contributed by atoms with van der Waals surface area (Å²) in [6, 6.07) is 7.34. The second kappa shape index (κ2) is 7.19. The molecule has 21 heavy (non-hydrogen) atoms. The minimum atomic E-state index is -0.136. The number of rotatable bonds is 5. The van der Waals surface area contributed by atoms with Crippen molar-refractivity contribution in [3.05, 3.63) is 46.0 Å². The molecule has 1 aromatic heterocycles. The summed E-state index contributed by atoms with van der Waals surface area (Å²) in [6.45, 7) is 2.82. The van der Waals surface area contributed by atoms with E-state index in [1.54, 1.807) is 12.1 Å². The van der Waals surface area contributed by atoms with E-state index in [9.17, 15) is 4.79 Å². The Kier molecular flexibility index (Phi) is 5.30. The Balaban J connectivity index is 1.79. The molecule has 1 aromatic carbocycles. The van der Waals surface area contributed by atoms with Crippen LogP contribution in [0.25, 0.3) is 0 Å². The number of nitrogens with one attached hydrogen (secondary N) is 2. The van der Waals surface area contributed by atoms with Crippen LogP contribution in [0.4, 0.5) is 5.95 Å². The van der Waals surface area contributed by atoms with Crippen molar-refractivity contribution in [2.24, 2.45) is 0 Å². The van der Waals surface area contributed by atoms with E-state index in [1.165, 1.54) is 0 Å². The summed E-state index contributed by atoms with van der Waals surface area (Å²) in [7, 11) is 0. The molecule has 0 spiro atoms. The predicted molar refractivity (Wildman–Crippen MR) is 81.8 cm³/mol. The van der Waals surface area contributed by atoms with Crippen LogP contribution in [0.1, 0.15) is 15.9 Å². The summed E-state index contributed by atoms with van der Waals surface area (Å²) in [6.07, 6.45) is 0. The number of hydrogen-bond donors (Lipinski definition) is 2. The first-order valence-corrected chi connectivity index (χ1v) is 6.96. The van der Waals surface area contributed by atoms with Crippen LogP contribution in [0.5, 0.6) is 0 Å². The van der Waals surface area contributed by atoms with Crippen LogP contribution >= 0.6 is 23.2 Å². The summed E-state index contributed by atoms with van der Waals surface area (Å²) in [5.41, 5.74) is 1.73. The van der Waals surface area contributed by atoms with Gasteiger partial charge < -0.3 is 10.6 Å². The summed E-state index contributed by atoms with van der Waals surface area (Å²) >= 11 is 11.3. The molecule has 110 valence electrons. The molecule has 0 aliphatic heterocycles. The van der Waals surface area contributed by atoms with Gasteiger partial charge in [-0.25, -0.2) is 0 Å². The van der Waals surface area contributed by atoms with Gasteiger partial charge in [0.15, 0.2) is 0 Å². The lowest BCUT2D eigenvalue weighted by molar-refractivity contribution is 0.0955. The highest BCUT2D eigenvalue weighted by molar-refractivity contribution is 6.31. The van der Waals surface area contributed by atoms with Gasteiger partial charge in [-0.1, -0.05) is 17.7 Å². The number of carbonyl (C=O) groups excluding carboxylic acids is 1. The van der Waals surface area contributed by atoms with Crippen molar-refractivity contribution in [1.29, 1.82) is 0 Å². The number of anilines is 1. The van der Waals surface area contributed by atoms with Gasteiger partial charge in [0.25, 0.3) is 5.91 Å². The first kappa shape index (κ1) is 15.5. The third-order valence-corrected chi connectivity index (χ3v) is 2.93. The smallest absolute Gasteiger partial charge is 0.251 e. The summed E-state index contributed by atoms with van der Waals surface area (Å²) < 4.78 is 0. The molecule has 6 nitrogen and oxygen atoms in total. The standard InChI is InChI=1S/C13H13Cl2N5O/c1-8-2-4-9(5-3-8)10(21)16-6-7-17-13-19-11(14)18-12(15)20-13/h2-5H,6-7H2,1H3,(H,16,21)(H,17,18,19,20). The SMILES string of the molecule is Cc1ccc(C(=O)NCCNc2nc(Cl)nc(Cl)n2)cc1. The molecule has 0 bridgehead atoms. The number of aryl methyl sites for hydroxylation is 1. The largest absolute Gasteiger partial charge is 0.352 e. The maximum absolute atomic E-state index is 11.9. The molecule has 0 saturated heterocycles. The van der Waals surface area contributed by atoms with Gasteiger partial charge in [-0.05, 0) is 42.3 Å². The molecule has 2 N–H and O–H groups in total. The number of amides is 1. The number of hydrogen-bond acceptors (Lipinski definition) is 5. The number of aromatic nitrogens is 3. The van der Waals surface area contributed by atoms with Crippen LogP contribution in [0, 0.1) is 6.92 Å². The molecule has 0 radical (unpaired) electrons. The first-order chi connectivity index (χ1) is 10.0. The van der Waals surface area contributed by atoms with Crippen molar-refractivity contribution < 1.29 is 4.79 Å².